The zero-order valence-corrected chi connectivity index (χ0v) is 12.7. The van der Waals surface area contributed by atoms with Crippen molar-refractivity contribution in [2.24, 2.45) is 5.92 Å². The molecule has 5 nitrogen and oxygen atoms in total. The van der Waals surface area contributed by atoms with Crippen molar-refractivity contribution in [1.82, 2.24) is 10.6 Å². The molecule has 1 fully saturated rings. The highest BCUT2D eigenvalue weighted by Gasteiger charge is 2.20. The number of rotatable bonds is 3. The minimum Gasteiger partial charge on any atom is -0.486 e. The molecule has 0 unspecified atom stereocenters. The number of fused-ring (bicyclic) bond motifs is 1. The topological polar surface area (TPSA) is 59.6 Å². The Morgan fingerprint density at radius 1 is 1.19 bits per heavy atom. The maximum absolute atomic E-state index is 12.1. The molecule has 116 valence electrons. The predicted molar refractivity (Wildman–Crippen MR) is 82.1 cm³/mol. The minimum absolute atomic E-state index is 0. The van der Waals surface area contributed by atoms with Crippen molar-refractivity contribution in [3.63, 3.8) is 0 Å². The van der Waals surface area contributed by atoms with Gasteiger partial charge in [-0.1, -0.05) is 6.07 Å². The van der Waals surface area contributed by atoms with Gasteiger partial charge < -0.3 is 20.1 Å². The van der Waals surface area contributed by atoms with E-state index in [-0.39, 0.29) is 24.2 Å². The maximum Gasteiger partial charge on any atom is 0.223 e. The summed E-state index contributed by atoms with van der Waals surface area (Å²) in [6, 6.07) is 5.81. The van der Waals surface area contributed by atoms with Gasteiger partial charge in [0.15, 0.2) is 11.5 Å². The molecule has 2 aliphatic rings. The molecule has 0 aromatic heterocycles. The molecule has 0 aliphatic carbocycles. The monoisotopic (exact) mass is 312 g/mol. The fourth-order valence-corrected chi connectivity index (χ4v) is 2.62. The predicted octanol–water partition coefficient (Wildman–Crippen LogP) is 1.50. The molecule has 21 heavy (non-hydrogen) atoms. The number of benzene rings is 1. The number of carbonyl (C=O) groups is 1. The first-order chi connectivity index (χ1) is 9.83. The molecule has 0 bridgehead atoms. The summed E-state index contributed by atoms with van der Waals surface area (Å²) in [7, 11) is 0. The van der Waals surface area contributed by atoms with Gasteiger partial charge in [-0.25, -0.2) is 0 Å². The molecule has 6 heteroatoms. The molecule has 2 aliphatic heterocycles. The van der Waals surface area contributed by atoms with E-state index in [1.807, 2.05) is 18.2 Å². The number of piperidine rings is 1. The molecule has 0 saturated carbocycles. The lowest BCUT2D eigenvalue weighted by atomic mass is 9.97. The number of amides is 1. The van der Waals surface area contributed by atoms with E-state index >= 15 is 0 Å². The van der Waals surface area contributed by atoms with Crippen LogP contribution in [0.1, 0.15) is 18.4 Å². The second-order valence-electron chi connectivity index (χ2n) is 5.22. The van der Waals surface area contributed by atoms with Crippen LogP contribution in [0, 0.1) is 5.92 Å². The van der Waals surface area contributed by atoms with Crippen molar-refractivity contribution in [1.29, 1.82) is 0 Å². The molecule has 0 radical (unpaired) electrons. The van der Waals surface area contributed by atoms with E-state index in [0.29, 0.717) is 19.8 Å². The molecule has 1 aromatic carbocycles. The van der Waals surface area contributed by atoms with Crippen LogP contribution >= 0.6 is 12.4 Å². The van der Waals surface area contributed by atoms with Crippen LogP contribution in [0.3, 0.4) is 0 Å². The molecule has 0 atom stereocenters. The van der Waals surface area contributed by atoms with Gasteiger partial charge in [-0.3, -0.25) is 4.79 Å². The van der Waals surface area contributed by atoms with Gasteiger partial charge in [0.2, 0.25) is 5.91 Å². The largest absolute Gasteiger partial charge is 0.486 e. The Kier molecular flexibility index (Phi) is 5.70. The lowest BCUT2D eigenvalue weighted by Crippen LogP contribution is -2.37. The number of carbonyl (C=O) groups excluding carboxylic acids is 1. The second kappa shape index (κ2) is 7.52. The highest BCUT2D eigenvalue weighted by Crippen LogP contribution is 2.30. The van der Waals surface area contributed by atoms with Crippen molar-refractivity contribution in [2.75, 3.05) is 26.3 Å². The molecular weight excluding hydrogens is 292 g/mol. The van der Waals surface area contributed by atoms with Crippen molar-refractivity contribution >= 4 is 18.3 Å². The van der Waals surface area contributed by atoms with Crippen LogP contribution < -0.4 is 20.1 Å². The second-order valence-corrected chi connectivity index (χ2v) is 5.22. The number of halogens is 1. The SMILES string of the molecule is Cl.O=C(NCc1ccc2c(c1)OCCO2)C1CCNCC1. The fourth-order valence-electron chi connectivity index (χ4n) is 2.62. The summed E-state index contributed by atoms with van der Waals surface area (Å²) in [4.78, 5) is 12.1. The van der Waals surface area contributed by atoms with E-state index in [1.165, 1.54) is 0 Å². The van der Waals surface area contributed by atoms with E-state index < -0.39 is 0 Å². The first-order valence-electron chi connectivity index (χ1n) is 7.20. The zero-order chi connectivity index (χ0) is 13.8. The van der Waals surface area contributed by atoms with Gasteiger partial charge in [-0.2, -0.15) is 0 Å². The molecule has 2 N–H and O–H groups in total. The molecule has 1 aromatic rings. The van der Waals surface area contributed by atoms with Gasteiger partial charge in [-0.15, -0.1) is 12.4 Å². The Hall–Kier alpha value is -1.46. The Morgan fingerprint density at radius 2 is 1.90 bits per heavy atom. The Balaban J connectivity index is 0.00000161. The third-order valence-corrected chi connectivity index (χ3v) is 3.78. The van der Waals surface area contributed by atoms with E-state index in [4.69, 9.17) is 9.47 Å². The van der Waals surface area contributed by atoms with Crippen molar-refractivity contribution in [3.8, 4) is 11.5 Å². The number of ether oxygens (including phenoxy) is 2. The van der Waals surface area contributed by atoms with Gasteiger partial charge in [0.1, 0.15) is 13.2 Å². The fraction of sp³-hybridized carbons (Fsp3) is 0.533. The van der Waals surface area contributed by atoms with Gasteiger partial charge in [0.25, 0.3) is 0 Å². The third-order valence-electron chi connectivity index (χ3n) is 3.78. The average Bonchev–Trinajstić information content (AvgIpc) is 2.53. The molecule has 1 saturated heterocycles. The quantitative estimate of drug-likeness (QED) is 0.888. The summed E-state index contributed by atoms with van der Waals surface area (Å²) in [6.45, 7) is 3.58. The Bertz CT molecular complexity index is 490. The van der Waals surface area contributed by atoms with Crippen LogP contribution in [0.4, 0.5) is 0 Å². The lowest BCUT2D eigenvalue weighted by molar-refractivity contribution is -0.125. The van der Waals surface area contributed by atoms with Crippen LogP contribution in [0.25, 0.3) is 0 Å². The van der Waals surface area contributed by atoms with E-state index in [2.05, 4.69) is 10.6 Å². The minimum atomic E-state index is 0. The van der Waals surface area contributed by atoms with Crippen LogP contribution in [0.15, 0.2) is 18.2 Å². The zero-order valence-electron chi connectivity index (χ0n) is 11.9. The van der Waals surface area contributed by atoms with Gasteiger partial charge in [0, 0.05) is 12.5 Å². The third kappa shape index (κ3) is 4.02. The first kappa shape index (κ1) is 15.9. The maximum atomic E-state index is 12.1. The van der Waals surface area contributed by atoms with Crippen LogP contribution in [0.2, 0.25) is 0 Å². The van der Waals surface area contributed by atoms with Gasteiger partial charge >= 0.3 is 0 Å². The van der Waals surface area contributed by atoms with E-state index in [9.17, 15) is 4.79 Å². The highest BCUT2D eigenvalue weighted by molar-refractivity contribution is 5.85. The van der Waals surface area contributed by atoms with Crippen LogP contribution in [-0.4, -0.2) is 32.2 Å². The Morgan fingerprint density at radius 3 is 2.67 bits per heavy atom. The standard InChI is InChI=1S/C15H20N2O3.ClH/c18-15(12-3-5-16-6-4-12)17-10-11-1-2-13-14(9-11)20-8-7-19-13;/h1-2,9,12,16H,3-8,10H2,(H,17,18);1H. The number of hydrogen-bond acceptors (Lipinski definition) is 4. The van der Waals surface area contributed by atoms with E-state index in [0.717, 1.165) is 43.0 Å². The molecule has 2 heterocycles. The van der Waals surface area contributed by atoms with E-state index in [1.54, 1.807) is 0 Å². The highest BCUT2D eigenvalue weighted by atomic mass is 35.5. The van der Waals surface area contributed by atoms with Crippen LogP contribution in [-0.2, 0) is 11.3 Å². The number of nitrogens with one attached hydrogen (secondary N) is 2. The summed E-state index contributed by atoms with van der Waals surface area (Å²) >= 11 is 0. The first-order valence-corrected chi connectivity index (χ1v) is 7.20. The molecule has 0 spiro atoms. The van der Waals surface area contributed by atoms with Crippen LogP contribution in [0.5, 0.6) is 11.5 Å². The molecule has 1 amide bonds. The Labute approximate surface area is 130 Å². The van der Waals surface area contributed by atoms with Crippen molar-refractivity contribution in [2.45, 2.75) is 19.4 Å². The summed E-state index contributed by atoms with van der Waals surface area (Å²) in [5, 5.41) is 6.28. The summed E-state index contributed by atoms with van der Waals surface area (Å²) in [5.41, 5.74) is 1.04. The van der Waals surface area contributed by atoms with Gasteiger partial charge in [-0.05, 0) is 43.6 Å². The molecular formula is C15H21ClN2O3. The smallest absolute Gasteiger partial charge is 0.223 e. The number of hydrogen-bond donors (Lipinski definition) is 2. The van der Waals surface area contributed by atoms with Gasteiger partial charge in [0.05, 0.1) is 0 Å². The summed E-state index contributed by atoms with van der Waals surface area (Å²) in [5.74, 6) is 1.85. The van der Waals surface area contributed by atoms with Crippen molar-refractivity contribution in [3.05, 3.63) is 23.8 Å². The molecule has 3 rings (SSSR count). The van der Waals surface area contributed by atoms with Crippen molar-refractivity contribution < 1.29 is 14.3 Å². The average molecular weight is 313 g/mol. The lowest BCUT2D eigenvalue weighted by Gasteiger charge is -2.22. The normalized spacial score (nSPS) is 17.7. The summed E-state index contributed by atoms with van der Waals surface area (Å²) in [6.07, 6.45) is 1.85. The summed E-state index contributed by atoms with van der Waals surface area (Å²) < 4.78 is 11.0.